The number of carbonyl (C=O) groups excluding carboxylic acids is 1. The smallest absolute Gasteiger partial charge is 0.249 e. The van der Waals surface area contributed by atoms with Crippen molar-refractivity contribution in [1.29, 1.82) is 0 Å². The van der Waals surface area contributed by atoms with Gasteiger partial charge < -0.3 is 15.1 Å². The number of likely N-dealkylation sites (N-methyl/N-ethyl adjacent to an activating group) is 1. The number of carbonyl (C=O) groups is 1. The number of hydrogen-bond donors (Lipinski definition) is 1. The molecule has 0 radical (unpaired) electrons. The minimum absolute atomic E-state index is 0.110. The van der Waals surface area contributed by atoms with Crippen LogP contribution in [0.1, 0.15) is 32.4 Å². The van der Waals surface area contributed by atoms with Crippen LogP contribution in [0, 0.1) is 5.92 Å². The molecule has 0 bridgehead atoms. The minimum atomic E-state index is -0.110. The van der Waals surface area contributed by atoms with Gasteiger partial charge in [0.25, 0.3) is 0 Å². The summed E-state index contributed by atoms with van der Waals surface area (Å²) in [5.41, 5.74) is 4.89. The Hall–Kier alpha value is -3.42. The fourth-order valence-electron chi connectivity index (χ4n) is 4.67. The average molecular weight is 432 g/mol. The zero-order valence-electron chi connectivity index (χ0n) is 19.0. The molecule has 8 heteroatoms. The van der Waals surface area contributed by atoms with Crippen LogP contribution < -0.4 is 15.1 Å². The Morgan fingerprint density at radius 2 is 1.91 bits per heavy atom. The van der Waals surface area contributed by atoms with Crippen molar-refractivity contribution in [3.8, 4) is 11.1 Å². The lowest BCUT2D eigenvalue weighted by Crippen LogP contribution is -2.50. The van der Waals surface area contributed by atoms with Gasteiger partial charge in [-0.2, -0.15) is 10.1 Å². The van der Waals surface area contributed by atoms with Crippen LogP contribution in [0.3, 0.4) is 0 Å². The van der Waals surface area contributed by atoms with E-state index in [-0.39, 0.29) is 11.9 Å². The minimum Gasteiger partial charge on any atom is -0.343 e. The summed E-state index contributed by atoms with van der Waals surface area (Å²) in [7, 11) is 3.77. The topological polar surface area (TPSA) is 79.2 Å². The van der Waals surface area contributed by atoms with E-state index in [0.29, 0.717) is 11.9 Å². The van der Waals surface area contributed by atoms with Crippen LogP contribution in [0.5, 0.6) is 0 Å². The van der Waals surface area contributed by atoms with E-state index < -0.39 is 0 Å². The van der Waals surface area contributed by atoms with Crippen LogP contribution in [-0.4, -0.2) is 45.3 Å². The van der Waals surface area contributed by atoms with E-state index in [1.165, 1.54) is 0 Å². The molecule has 1 aromatic carbocycles. The number of amides is 1. The van der Waals surface area contributed by atoms with Gasteiger partial charge in [0.05, 0.1) is 11.9 Å². The van der Waals surface area contributed by atoms with Gasteiger partial charge in [-0.1, -0.05) is 26.0 Å². The third-order valence-electron chi connectivity index (χ3n) is 6.19. The Morgan fingerprint density at radius 1 is 1.12 bits per heavy atom. The Kier molecular flexibility index (Phi) is 5.07. The first kappa shape index (κ1) is 20.5. The summed E-state index contributed by atoms with van der Waals surface area (Å²) in [5.74, 6) is 2.01. The predicted octanol–water partition coefficient (Wildman–Crippen LogP) is 3.76. The van der Waals surface area contributed by atoms with Gasteiger partial charge in [-0.25, -0.2) is 4.98 Å². The molecular formula is C24H29N7O. The molecular weight excluding hydrogens is 402 g/mol. The lowest BCUT2D eigenvalue weighted by atomic mass is 10.0. The van der Waals surface area contributed by atoms with E-state index in [4.69, 9.17) is 9.97 Å². The third-order valence-corrected chi connectivity index (χ3v) is 6.19. The fraction of sp³-hybridized carbons (Fsp3) is 0.417. The lowest BCUT2D eigenvalue weighted by Gasteiger charge is -2.38. The van der Waals surface area contributed by atoms with Gasteiger partial charge in [0.1, 0.15) is 11.7 Å². The van der Waals surface area contributed by atoms with Crippen LogP contribution in [0.4, 0.5) is 23.1 Å². The highest BCUT2D eigenvalue weighted by atomic mass is 16.2. The molecule has 5 rings (SSSR count). The van der Waals surface area contributed by atoms with Crippen molar-refractivity contribution >= 4 is 29.0 Å². The average Bonchev–Trinajstić information content (AvgIpc) is 3.41. The third kappa shape index (κ3) is 3.59. The monoisotopic (exact) mass is 431 g/mol. The summed E-state index contributed by atoms with van der Waals surface area (Å²) in [6.07, 6.45) is 6.53. The maximum Gasteiger partial charge on any atom is 0.249 e. The molecule has 1 N–H and O–H groups in total. The van der Waals surface area contributed by atoms with E-state index in [1.54, 1.807) is 9.58 Å². The maximum absolute atomic E-state index is 12.9. The second kappa shape index (κ2) is 7.93. The zero-order valence-corrected chi connectivity index (χ0v) is 19.0. The molecule has 32 heavy (non-hydrogen) atoms. The fourth-order valence-corrected chi connectivity index (χ4v) is 4.67. The van der Waals surface area contributed by atoms with E-state index in [9.17, 15) is 4.79 Å². The molecule has 1 fully saturated rings. The molecule has 8 nitrogen and oxygen atoms in total. The summed E-state index contributed by atoms with van der Waals surface area (Å²) in [5, 5.41) is 7.63. The Balaban J connectivity index is 1.49. The molecule has 0 aliphatic carbocycles. The highest BCUT2D eigenvalue weighted by molar-refractivity contribution is 6.05. The van der Waals surface area contributed by atoms with E-state index in [1.807, 2.05) is 38.6 Å². The van der Waals surface area contributed by atoms with E-state index in [0.717, 1.165) is 59.8 Å². The lowest BCUT2D eigenvalue weighted by molar-refractivity contribution is -0.119. The second-order valence-corrected chi connectivity index (χ2v) is 9.12. The van der Waals surface area contributed by atoms with Crippen LogP contribution in [-0.2, 0) is 18.3 Å². The standard InChI is InChI=1S/C24H29N7O/c1-15(2)12-19-21-22(31-11-5-6-20(31)23(32)30(21)4)28-24(27-19)26-18-9-7-16(8-10-18)17-13-25-29(3)14-17/h7-10,13-15,20H,5-6,11-12H2,1-4H3,(H,26,27,28). The van der Waals surface area contributed by atoms with Crippen molar-refractivity contribution in [3.05, 3.63) is 42.4 Å². The molecule has 0 spiro atoms. The van der Waals surface area contributed by atoms with Gasteiger partial charge >= 0.3 is 0 Å². The van der Waals surface area contributed by atoms with Crippen LogP contribution in [0.2, 0.25) is 0 Å². The van der Waals surface area contributed by atoms with Crippen molar-refractivity contribution < 1.29 is 4.79 Å². The van der Waals surface area contributed by atoms with Crippen molar-refractivity contribution in [2.24, 2.45) is 13.0 Å². The number of benzene rings is 1. The molecule has 2 aliphatic rings. The molecule has 1 unspecified atom stereocenters. The Morgan fingerprint density at radius 3 is 2.59 bits per heavy atom. The molecule has 1 amide bonds. The van der Waals surface area contributed by atoms with Gasteiger partial charge in [0, 0.05) is 38.1 Å². The number of fused-ring (bicyclic) bond motifs is 3. The van der Waals surface area contributed by atoms with Gasteiger partial charge in [-0.15, -0.1) is 0 Å². The van der Waals surface area contributed by atoms with Crippen LogP contribution in [0.25, 0.3) is 11.1 Å². The summed E-state index contributed by atoms with van der Waals surface area (Å²) < 4.78 is 1.80. The summed E-state index contributed by atoms with van der Waals surface area (Å²) >= 11 is 0. The number of anilines is 4. The SMILES string of the molecule is CC(C)Cc1nc(Nc2ccc(-c3cnn(C)c3)cc2)nc2c1N(C)C(=O)C1CCCN21. The molecule has 2 aliphatic heterocycles. The Labute approximate surface area is 188 Å². The molecule has 166 valence electrons. The maximum atomic E-state index is 12.9. The molecule has 1 saturated heterocycles. The largest absolute Gasteiger partial charge is 0.343 e. The highest BCUT2D eigenvalue weighted by Gasteiger charge is 2.42. The van der Waals surface area contributed by atoms with Gasteiger partial charge in [0.2, 0.25) is 11.9 Å². The van der Waals surface area contributed by atoms with Gasteiger partial charge in [-0.3, -0.25) is 9.48 Å². The quantitative estimate of drug-likeness (QED) is 0.663. The first-order chi connectivity index (χ1) is 15.4. The van der Waals surface area contributed by atoms with E-state index >= 15 is 0 Å². The van der Waals surface area contributed by atoms with Gasteiger partial charge in [-0.05, 0) is 42.9 Å². The van der Waals surface area contributed by atoms with Crippen molar-refractivity contribution in [2.75, 3.05) is 28.7 Å². The molecule has 0 saturated carbocycles. The summed E-state index contributed by atoms with van der Waals surface area (Å²) in [6, 6.07) is 8.08. The van der Waals surface area contributed by atoms with E-state index in [2.05, 4.69) is 41.3 Å². The van der Waals surface area contributed by atoms with Crippen molar-refractivity contribution in [2.45, 2.75) is 39.2 Å². The molecule has 4 heterocycles. The normalized spacial score (nSPS) is 17.7. The van der Waals surface area contributed by atoms with Gasteiger partial charge in [0.15, 0.2) is 5.82 Å². The number of aryl methyl sites for hydroxylation is 1. The molecule has 1 atom stereocenters. The van der Waals surface area contributed by atoms with Crippen LogP contribution in [0.15, 0.2) is 36.7 Å². The summed E-state index contributed by atoms with van der Waals surface area (Å²) in [4.78, 5) is 26.6. The number of aromatic nitrogens is 4. The second-order valence-electron chi connectivity index (χ2n) is 9.12. The zero-order chi connectivity index (χ0) is 22.4. The molecule has 2 aromatic heterocycles. The van der Waals surface area contributed by atoms with Crippen molar-refractivity contribution in [1.82, 2.24) is 19.7 Å². The number of rotatable bonds is 5. The number of hydrogen-bond acceptors (Lipinski definition) is 6. The molecule has 3 aromatic rings. The first-order valence-corrected chi connectivity index (χ1v) is 11.2. The highest BCUT2D eigenvalue weighted by Crippen LogP contribution is 2.41. The van der Waals surface area contributed by atoms with Crippen LogP contribution >= 0.6 is 0 Å². The Bertz CT molecular complexity index is 1150. The first-order valence-electron chi connectivity index (χ1n) is 11.2. The summed E-state index contributed by atoms with van der Waals surface area (Å²) in [6.45, 7) is 5.19. The number of nitrogens with zero attached hydrogens (tertiary/aromatic N) is 6. The predicted molar refractivity (Wildman–Crippen MR) is 126 cm³/mol. The number of nitrogens with one attached hydrogen (secondary N) is 1. The van der Waals surface area contributed by atoms with Crippen molar-refractivity contribution in [3.63, 3.8) is 0 Å².